The molecule has 1 aliphatic carbocycles. The van der Waals surface area contributed by atoms with E-state index in [1.165, 1.54) is 0 Å². The predicted molar refractivity (Wildman–Crippen MR) is 36.0 cm³/mol. The summed E-state index contributed by atoms with van der Waals surface area (Å²) in [5, 5.41) is 0. The normalized spacial score (nSPS) is 28.2. The fraction of sp³-hybridized carbons (Fsp3) is 0.857. The molecule has 76 valence electrons. The molecule has 13 heavy (non-hydrogen) atoms. The number of hydrogen-bond acceptors (Lipinski definition) is 3. The van der Waals surface area contributed by atoms with Crippen LogP contribution < -0.4 is 0 Å². The van der Waals surface area contributed by atoms with Gasteiger partial charge in [-0.1, -0.05) is 0 Å². The van der Waals surface area contributed by atoms with E-state index in [1.54, 1.807) is 0 Å². The summed E-state index contributed by atoms with van der Waals surface area (Å²) in [5.74, 6) is 0. The molecule has 0 radical (unpaired) electrons. The van der Waals surface area contributed by atoms with Crippen molar-refractivity contribution in [2.75, 3.05) is 6.61 Å². The second kappa shape index (κ2) is 4.06. The molecule has 0 aromatic rings. The van der Waals surface area contributed by atoms with Gasteiger partial charge in [0.1, 0.15) is 12.9 Å². The smallest absolute Gasteiger partial charge is 0.371 e. The maximum absolute atomic E-state index is 11.6. The van der Waals surface area contributed by atoms with Gasteiger partial charge in [-0.25, -0.2) is 0 Å². The van der Waals surface area contributed by atoms with Gasteiger partial charge in [0.25, 0.3) is 0 Å². The molecule has 0 aromatic heterocycles. The van der Waals surface area contributed by atoms with Crippen LogP contribution in [-0.2, 0) is 14.3 Å². The van der Waals surface area contributed by atoms with Crippen molar-refractivity contribution >= 4 is 6.29 Å². The molecule has 0 saturated heterocycles. The van der Waals surface area contributed by atoms with Crippen molar-refractivity contribution in [2.45, 2.75) is 31.4 Å². The highest BCUT2D eigenvalue weighted by Gasteiger charge is 2.40. The van der Waals surface area contributed by atoms with Crippen molar-refractivity contribution in [3.8, 4) is 0 Å². The Morgan fingerprint density at radius 3 is 2.38 bits per heavy atom. The van der Waals surface area contributed by atoms with Gasteiger partial charge < -0.3 is 9.53 Å². The van der Waals surface area contributed by atoms with E-state index in [2.05, 4.69) is 4.74 Å². The van der Waals surface area contributed by atoms with Crippen molar-refractivity contribution < 1.29 is 27.4 Å². The third kappa shape index (κ3) is 3.73. The maximum atomic E-state index is 11.6. The predicted octanol–water partition coefficient (Wildman–Crippen LogP) is 1.27. The highest BCUT2D eigenvalue weighted by molar-refractivity contribution is 5.50. The lowest BCUT2D eigenvalue weighted by atomic mass is 9.92. The van der Waals surface area contributed by atoms with Crippen LogP contribution in [0.25, 0.3) is 0 Å². The largest absolute Gasteiger partial charge is 0.522 e. The highest BCUT2D eigenvalue weighted by Crippen LogP contribution is 2.31. The van der Waals surface area contributed by atoms with Crippen molar-refractivity contribution in [3.05, 3.63) is 0 Å². The van der Waals surface area contributed by atoms with Gasteiger partial charge in [0, 0.05) is 12.8 Å². The van der Waals surface area contributed by atoms with Crippen LogP contribution in [0.2, 0.25) is 0 Å². The summed E-state index contributed by atoms with van der Waals surface area (Å²) < 4.78 is 43.3. The second-order valence-corrected chi connectivity index (χ2v) is 2.78. The Morgan fingerprint density at radius 2 is 1.92 bits per heavy atom. The molecule has 0 spiro atoms. The van der Waals surface area contributed by atoms with E-state index in [1.807, 2.05) is 0 Å². The Hall–Kier alpha value is -0.620. The number of alkyl halides is 3. The first-order chi connectivity index (χ1) is 6.01. The second-order valence-electron chi connectivity index (χ2n) is 2.78. The molecular weight excluding hydrogens is 189 g/mol. The summed E-state index contributed by atoms with van der Waals surface area (Å²) >= 11 is 0. The van der Waals surface area contributed by atoms with Gasteiger partial charge in [-0.3, -0.25) is 4.74 Å². The number of carbonyl (C=O) groups is 1. The van der Waals surface area contributed by atoms with Crippen LogP contribution in [0.5, 0.6) is 0 Å². The topological polar surface area (TPSA) is 35.5 Å². The van der Waals surface area contributed by atoms with Gasteiger partial charge in [-0.2, -0.15) is 0 Å². The van der Waals surface area contributed by atoms with Gasteiger partial charge in [0.2, 0.25) is 0 Å². The summed E-state index contributed by atoms with van der Waals surface area (Å²) in [6, 6.07) is 0. The van der Waals surface area contributed by atoms with E-state index in [9.17, 15) is 18.0 Å². The van der Waals surface area contributed by atoms with Crippen LogP contribution in [0, 0.1) is 0 Å². The van der Waals surface area contributed by atoms with Gasteiger partial charge in [0.05, 0.1) is 12.2 Å². The monoisotopic (exact) mass is 198 g/mol. The molecule has 1 saturated carbocycles. The molecule has 1 rings (SSSR count). The van der Waals surface area contributed by atoms with Crippen LogP contribution in [0.15, 0.2) is 0 Å². The van der Waals surface area contributed by atoms with Gasteiger partial charge >= 0.3 is 6.36 Å². The summed E-state index contributed by atoms with van der Waals surface area (Å²) in [6.45, 7) is -0.0661. The molecular formula is C7H9F3O3. The molecule has 0 unspecified atom stereocenters. The van der Waals surface area contributed by atoms with Gasteiger partial charge in [-0.15, -0.1) is 13.2 Å². The summed E-state index contributed by atoms with van der Waals surface area (Å²) in [5.41, 5.74) is 0. The van der Waals surface area contributed by atoms with Crippen molar-refractivity contribution in [3.63, 3.8) is 0 Å². The van der Waals surface area contributed by atoms with E-state index in [0.29, 0.717) is 6.29 Å². The first kappa shape index (κ1) is 10.5. The lowest BCUT2D eigenvalue weighted by Crippen LogP contribution is -2.40. The van der Waals surface area contributed by atoms with Crippen molar-refractivity contribution in [1.82, 2.24) is 0 Å². The number of halogens is 3. The molecule has 1 fully saturated rings. The molecule has 0 atom stereocenters. The average Bonchev–Trinajstić information content (AvgIpc) is 1.91. The van der Waals surface area contributed by atoms with Gasteiger partial charge in [0.15, 0.2) is 0 Å². The van der Waals surface area contributed by atoms with E-state index in [-0.39, 0.29) is 25.6 Å². The zero-order valence-corrected chi connectivity index (χ0v) is 6.71. The molecule has 0 aliphatic heterocycles. The minimum absolute atomic E-state index is 0.0661. The summed E-state index contributed by atoms with van der Waals surface area (Å²) in [7, 11) is 0. The third-order valence-corrected chi connectivity index (χ3v) is 1.75. The Labute approximate surface area is 72.8 Å². The number of rotatable bonds is 4. The van der Waals surface area contributed by atoms with E-state index in [4.69, 9.17) is 4.74 Å². The number of ether oxygens (including phenoxy) is 2. The molecule has 0 heterocycles. The fourth-order valence-electron chi connectivity index (χ4n) is 1.11. The fourth-order valence-corrected chi connectivity index (χ4v) is 1.11. The van der Waals surface area contributed by atoms with Crippen molar-refractivity contribution in [2.24, 2.45) is 0 Å². The Morgan fingerprint density at radius 1 is 1.31 bits per heavy atom. The SMILES string of the molecule is O=CCO[C@H]1C[C@@H](OC(F)(F)F)C1. The highest BCUT2D eigenvalue weighted by atomic mass is 19.4. The molecule has 1 aliphatic rings. The van der Waals surface area contributed by atoms with Crippen LogP contribution in [0.3, 0.4) is 0 Å². The number of carbonyl (C=O) groups excluding carboxylic acids is 1. The van der Waals surface area contributed by atoms with E-state index in [0.717, 1.165) is 0 Å². The third-order valence-electron chi connectivity index (χ3n) is 1.75. The van der Waals surface area contributed by atoms with Crippen molar-refractivity contribution in [1.29, 1.82) is 0 Å². The molecule has 0 N–H and O–H groups in total. The first-order valence-corrected chi connectivity index (χ1v) is 3.81. The molecule has 0 aromatic carbocycles. The lowest BCUT2D eigenvalue weighted by Gasteiger charge is -2.34. The zero-order valence-electron chi connectivity index (χ0n) is 6.71. The number of aldehydes is 1. The molecule has 0 amide bonds. The maximum Gasteiger partial charge on any atom is 0.522 e. The quantitative estimate of drug-likeness (QED) is 0.638. The Balaban J connectivity index is 2.08. The summed E-state index contributed by atoms with van der Waals surface area (Å²) in [6.07, 6.45) is -4.67. The zero-order chi connectivity index (χ0) is 9.90. The molecule has 3 nitrogen and oxygen atoms in total. The minimum Gasteiger partial charge on any atom is -0.371 e. The van der Waals surface area contributed by atoms with E-state index < -0.39 is 12.5 Å². The van der Waals surface area contributed by atoms with Gasteiger partial charge in [-0.05, 0) is 0 Å². The van der Waals surface area contributed by atoms with Crippen LogP contribution in [0.1, 0.15) is 12.8 Å². The Bertz CT molecular complexity index is 174. The van der Waals surface area contributed by atoms with Crippen LogP contribution in [-0.4, -0.2) is 31.5 Å². The first-order valence-electron chi connectivity index (χ1n) is 3.81. The molecule has 0 bridgehead atoms. The standard InChI is InChI=1S/C7H9F3O3/c8-7(9,10)13-6-3-5(4-6)12-2-1-11/h1,5-6H,2-4H2/t5-,6+. The number of hydrogen-bond donors (Lipinski definition) is 0. The Kier molecular flexibility index (Phi) is 3.27. The lowest BCUT2D eigenvalue weighted by molar-refractivity contribution is -0.356. The minimum atomic E-state index is -4.57. The van der Waals surface area contributed by atoms with Crippen LogP contribution >= 0.6 is 0 Å². The summed E-state index contributed by atoms with van der Waals surface area (Å²) in [4.78, 5) is 9.82. The molecule has 6 heteroatoms. The van der Waals surface area contributed by atoms with Crippen LogP contribution in [0.4, 0.5) is 13.2 Å². The average molecular weight is 198 g/mol. The van der Waals surface area contributed by atoms with E-state index >= 15 is 0 Å².